The van der Waals surface area contributed by atoms with Gasteiger partial charge in [-0.05, 0) is 70.6 Å². The molecule has 10 nitrogen and oxygen atoms in total. The lowest BCUT2D eigenvalue weighted by atomic mass is 9.82. The fourth-order valence-electron chi connectivity index (χ4n) is 4.68. The summed E-state index contributed by atoms with van der Waals surface area (Å²) < 4.78 is 31.6. The lowest BCUT2D eigenvalue weighted by Crippen LogP contribution is -2.49. The molecular weight excluding hydrogens is 543 g/mol. The molecule has 0 unspecified atom stereocenters. The van der Waals surface area contributed by atoms with Crippen LogP contribution in [0.5, 0.6) is 11.5 Å². The molecule has 0 saturated heterocycles. The third-order valence-corrected chi connectivity index (χ3v) is 6.84. The van der Waals surface area contributed by atoms with E-state index in [9.17, 15) is 19.1 Å². The minimum absolute atomic E-state index is 0.0175. The summed E-state index contributed by atoms with van der Waals surface area (Å²) >= 11 is 5.92. The highest BCUT2D eigenvalue weighted by molar-refractivity contribution is 6.31. The first kappa shape index (κ1) is 29.1. The number of carbonyl (C=O) groups excluding carboxylic acids is 1. The number of fused-ring (bicyclic) bond motifs is 1. The smallest absolute Gasteiger partial charge is 0.408 e. The first-order chi connectivity index (χ1) is 18.9. The second kappa shape index (κ2) is 12.1. The molecule has 0 bridgehead atoms. The average Bonchev–Trinajstić information content (AvgIpc) is 2.89. The normalized spacial score (nSPS) is 18.1. The van der Waals surface area contributed by atoms with E-state index >= 15 is 0 Å². The van der Waals surface area contributed by atoms with Crippen molar-refractivity contribution in [3.63, 3.8) is 0 Å². The number of aromatic nitrogens is 2. The predicted octanol–water partition coefficient (Wildman–Crippen LogP) is 6.09. The van der Waals surface area contributed by atoms with Gasteiger partial charge in [0.15, 0.2) is 17.3 Å². The van der Waals surface area contributed by atoms with Crippen molar-refractivity contribution >= 4 is 46.1 Å². The Hall–Kier alpha value is -3.86. The number of methoxy groups -OCH3 is 1. The molecule has 0 aliphatic heterocycles. The molecule has 4 rings (SSSR count). The van der Waals surface area contributed by atoms with Crippen molar-refractivity contribution < 1.29 is 33.3 Å². The molecule has 2 aromatic carbocycles. The summed E-state index contributed by atoms with van der Waals surface area (Å²) in [6.07, 6.45) is 2.56. The second-order valence-electron chi connectivity index (χ2n) is 10.6. The summed E-state index contributed by atoms with van der Waals surface area (Å²) in [7, 11) is 1.52. The molecule has 0 radical (unpaired) electrons. The molecule has 3 N–H and O–H groups in total. The van der Waals surface area contributed by atoms with Crippen LogP contribution in [0.25, 0.3) is 10.9 Å². The molecular formula is C28H32ClFN4O6. The Morgan fingerprint density at radius 3 is 2.50 bits per heavy atom. The lowest BCUT2D eigenvalue weighted by molar-refractivity contribution is -0.141. The fraction of sp³-hybridized carbons (Fsp3) is 0.429. The number of nitrogens with one attached hydrogen (secondary N) is 2. The summed E-state index contributed by atoms with van der Waals surface area (Å²) in [6.45, 7) is 5.14. The summed E-state index contributed by atoms with van der Waals surface area (Å²) in [5.41, 5.74) is -0.0113. The van der Waals surface area contributed by atoms with Gasteiger partial charge in [-0.3, -0.25) is 0 Å². The number of rotatable bonds is 8. The number of alkyl carbamates (subject to hydrolysis) is 1. The largest absolute Gasteiger partial charge is 0.493 e. The van der Waals surface area contributed by atoms with Crippen LogP contribution in [0, 0.1) is 11.7 Å². The zero-order chi connectivity index (χ0) is 29.0. The Morgan fingerprint density at radius 2 is 1.85 bits per heavy atom. The minimum Gasteiger partial charge on any atom is -0.493 e. The van der Waals surface area contributed by atoms with E-state index in [0.717, 1.165) is 0 Å². The molecule has 1 saturated carbocycles. The number of carbonyl (C=O) groups is 2. The van der Waals surface area contributed by atoms with Crippen molar-refractivity contribution in [1.29, 1.82) is 0 Å². The van der Waals surface area contributed by atoms with Crippen molar-refractivity contribution in [1.82, 2.24) is 15.3 Å². The van der Waals surface area contributed by atoms with Gasteiger partial charge in [-0.2, -0.15) is 0 Å². The van der Waals surface area contributed by atoms with Crippen molar-refractivity contribution in [3.05, 3.63) is 47.5 Å². The fourth-order valence-corrected chi connectivity index (χ4v) is 4.85. The van der Waals surface area contributed by atoms with Crippen molar-refractivity contribution in [2.45, 2.75) is 64.2 Å². The molecule has 1 amide bonds. The third-order valence-electron chi connectivity index (χ3n) is 6.55. The van der Waals surface area contributed by atoms with Crippen LogP contribution < -0.4 is 20.1 Å². The monoisotopic (exact) mass is 574 g/mol. The Morgan fingerprint density at radius 1 is 1.12 bits per heavy atom. The van der Waals surface area contributed by atoms with Crippen LogP contribution in [-0.4, -0.2) is 52.0 Å². The SMILES string of the molecule is COc1cc2ncnc(Nc3cccc(Cl)c3F)c2cc1OC1CCC([C@H](NC(=O)OC(C)(C)C)C(=O)O)CC1. The van der Waals surface area contributed by atoms with E-state index in [4.69, 9.17) is 25.8 Å². The Balaban J connectivity index is 1.49. The average molecular weight is 575 g/mol. The molecule has 1 aliphatic rings. The number of hydrogen-bond acceptors (Lipinski definition) is 8. The van der Waals surface area contributed by atoms with E-state index in [1.807, 2.05) is 0 Å². The van der Waals surface area contributed by atoms with Crippen LogP contribution in [-0.2, 0) is 9.53 Å². The van der Waals surface area contributed by atoms with E-state index in [2.05, 4.69) is 20.6 Å². The van der Waals surface area contributed by atoms with Gasteiger partial charge in [0.25, 0.3) is 0 Å². The van der Waals surface area contributed by atoms with Crippen LogP contribution in [0.3, 0.4) is 0 Å². The van der Waals surface area contributed by atoms with E-state index in [0.29, 0.717) is 53.9 Å². The van der Waals surface area contributed by atoms with E-state index < -0.39 is 29.5 Å². The Labute approximate surface area is 236 Å². The number of ether oxygens (including phenoxy) is 3. The Kier molecular flexibility index (Phi) is 8.82. The van der Waals surface area contributed by atoms with Crippen LogP contribution in [0.2, 0.25) is 5.02 Å². The first-order valence-electron chi connectivity index (χ1n) is 12.9. The second-order valence-corrected chi connectivity index (χ2v) is 11.0. The summed E-state index contributed by atoms with van der Waals surface area (Å²) in [5.74, 6) is -0.714. The number of anilines is 2. The van der Waals surface area contributed by atoms with Gasteiger partial charge in [-0.1, -0.05) is 17.7 Å². The number of amides is 1. The van der Waals surface area contributed by atoms with Gasteiger partial charge in [0.05, 0.1) is 29.4 Å². The van der Waals surface area contributed by atoms with Gasteiger partial charge >= 0.3 is 12.1 Å². The van der Waals surface area contributed by atoms with Gasteiger partial charge in [0.2, 0.25) is 0 Å². The van der Waals surface area contributed by atoms with Crippen molar-refractivity contribution in [3.8, 4) is 11.5 Å². The maximum Gasteiger partial charge on any atom is 0.408 e. The standard InChI is InChI=1S/C28H32ClFN4O6/c1-28(2,3)40-27(37)34-24(26(35)36)15-8-10-16(11-9-15)39-22-12-17-20(13-21(22)38-4)31-14-32-25(17)33-19-7-5-6-18(29)23(19)30/h5-7,12-16,24H,8-11H2,1-4H3,(H,34,37)(H,35,36)(H,31,32,33)/t15?,16?,24-/m0/s1. The number of halogens is 2. The number of benzene rings is 2. The zero-order valence-electron chi connectivity index (χ0n) is 22.7. The van der Waals surface area contributed by atoms with Gasteiger partial charge in [-0.15, -0.1) is 0 Å². The van der Waals surface area contributed by atoms with Crippen LogP contribution >= 0.6 is 11.6 Å². The highest BCUT2D eigenvalue weighted by atomic mass is 35.5. The predicted molar refractivity (Wildman–Crippen MR) is 148 cm³/mol. The third kappa shape index (κ3) is 7.01. The first-order valence-corrected chi connectivity index (χ1v) is 13.3. The van der Waals surface area contributed by atoms with E-state index in [1.165, 1.54) is 19.5 Å². The van der Waals surface area contributed by atoms with Gasteiger partial charge in [0.1, 0.15) is 23.8 Å². The highest BCUT2D eigenvalue weighted by Gasteiger charge is 2.35. The number of nitrogens with zero attached hydrogens (tertiary/aromatic N) is 2. The van der Waals surface area contributed by atoms with Crippen molar-refractivity contribution in [2.75, 3.05) is 12.4 Å². The topological polar surface area (TPSA) is 132 Å². The molecule has 1 heterocycles. The molecule has 40 heavy (non-hydrogen) atoms. The molecule has 1 fully saturated rings. The van der Waals surface area contributed by atoms with Crippen LogP contribution in [0.15, 0.2) is 36.7 Å². The number of carboxylic acids is 1. The Bertz CT molecular complexity index is 1390. The van der Waals surface area contributed by atoms with Gasteiger partial charge < -0.3 is 30.0 Å². The van der Waals surface area contributed by atoms with Crippen molar-refractivity contribution in [2.24, 2.45) is 5.92 Å². The number of hydrogen-bond donors (Lipinski definition) is 3. The number of carboxylic acid groups (broad SMARTS) is 1. The lowest BCUT2D eigenvalue weighted by Gasteiger charge is -2.33. The summed E-state index contributed by atoms with van der Waals surface area (Å²) in [6, 6.07) is 7.01. The van der Waals surface area contributed by atoms with E-state index in [1.54, 1.807) is 45.0 Å². The maximum absolute atomic E-state index is 14.5. The zero-order valence-corrected chi connectivity index (χ0v) is 23.4. The molecule has 214 valence electrons. The van der Waals surface area contributed by atoms with Gasteiger partial charge in [0, 0.05) is 11.5 Å². The van der Waals surface area contributed by atoms with Gasteiger partial charge in [-0.25, -0.2) is 23.9 Å². The quantitative estimate of drug-likeness (QED) is 0.292. The molecule has 1 atom stereocenters. The molecule has 1 aromatic heterocycles. The summed E-state index contributed by atoms with van der Waals surface area (Å²) in [5, 5.41) is 15.8. The maximum atomic E-state index is 14.5. The number of aliphatic carboxylic acids is 1. The molecule has 12 heteroatoms. The molecule has 0 spiro atoms. The molecule has 1 aliphatic carbocycles. The van der Waals surface area contributed by atoms with Crippen LogP contribution in [0.4, 0.5) is 20.7 Å². The van der Waals surface area contributed by atoms with Crippen LogP contribution in [0.1, 0.15) is 46.5 Å². The summed E-state index contributed by atoms with van der Waals surface area (Å²) in [4.78, 5) is 32.7. The highest BCUT2D eigenvalue weighted by Crippen LogP contribution is 2.38. The van der Waals surface area contributed by atoms with E-state index in [-0.39, 0.29) is 22.7 Å². The molecule has 3 aromatic rings. The minimum atomic E-state index is -1.11.